The van der Waals surface area contributed by atoms with Crippen LogP contribution in [0.1, 0.15) is 29.4 Å². The van der Waals surface area contributed by atoms with Gasteiger partial charge in [-0.15, -0.1) is 0 Å². The van der Waals surface area contributed by atoms with E-state index in [1.54, 1.807) is 0 Å². The van der Waals surface area contributed by atoms with Crippen LogP contribution in [0.3, 0.4) is 0 Å². The first-order valence-electron chi connectivity index (χ1n) is 10.1. The quantitative estimate of drug-likeness (QED) is 0.757. The molecule has 0 radical (unpaired) electrons. The molecule has 0 spiro atoms. The first kappa shape index (κ1) is 19.4. The second-order valence-corrected chi connectivity index (χ2v) is 7.33. The summed E-state index contributed by atoms with van der Waals surface area (Å²) in [6.07, 6.45) is 0.795. The van der Waals surface area contributed by atoms with E-state index >= 15 is 0 Å². The molecule has 1 aromatic heterocycles. The zero-order chi connectivity index (χ0) is 20.2. The maximum atomic E-state index is 12.8. The molecule has 154 valence electrons. The van der Waals surface area contributed by atoms with Crippen LogP contribution in [0.2, 0.25) is 0 Å². The molecular formula is C21H26N4O4. The average molecular weight is 398 g/mol. The lowest BCUT2D eigenvalue weighted by atomic mass is 10.1. The van der Waals surface area contributed by atoms with Gasteiger partial charge in [0.2, 0.25) is 0 Å². The number of ether oxygens (including phenoxy) is 2. The van der Waals surface area contributed by atoms with Crippen LogP contribution in [0.15, 0.2) is 35.1 Å². The molecule has 1 saturated heterocycles. The summed E-state index contributed by atoms with van der Waals surface area (Å²) in [6.45, 7) is 7.31. The van der Waals surface area contributed by atoms with Gasteiger partial charge in [0.15, 0.2) is 11.5 Å². The Hall–Kier alpha value is -2.87. The average Bonchev–Trinajstić information content (AvgIpc) is 2.75. The minimum absolute atomic E-state index is 0.117. The Kier molecular flexibility index (Phi) is 5.80. The van der Waals surface area contributed by atoms with E-state index in [1.807, 2.05) is 24.0 Å². The van der Waals surface area contributed by atoms with Gasteiger partial charge in [0.1, 0.15) is 18.9 Å². The Bertz CT molecular complexity index is 935. The molecule has 8 nitrogen and oxygen atoms in total. The number of piperazine rings is 1. The molecule has 0 N–H and O–H groups in total. The summed E-state index contributed by atoms with van der Waals surface area (Å²) in [5.74, 6) is 1.48. The Labute approximate surface area is 169 Å². The van der Waals surface area contributed by atoms with Crippen LogP contribution in [0.25, 0.3) is 0 Å². The van der Waals surface area contributed by atoms with Crippen molar-refractivity contribution in [2.24, 2.45) is 0 Å². The fraction of sp³-hybridized carbons (Fsp3) is 0.476. The zero-order valence-electron chi connectivity index (χ0n) is 16.7. The van der Waals surface area contributed by atoms with Crippen molar-refractivity contribution in [3.05, 3.63) is 51.9 Å². The number of carbonyl (C=O) groups excluding carboxylic acids is 1. The minimum Gasteiger partial charge on any atom is -0.486 e. The summed E-state index contributed by atoms with van der Waals surface area (Å²) in [5, 5.41) is 4.24. The Morgan fingerprint density at radius 3 is 2.55 bits per heavy atom. The monoisotopic (exact) mass is 398 g/mol. The third-order valence-electron chi connectivity index (χ3n) is 5.19. The van der Waals surface area contributed by atoms with Crippen LogP contribution in [-0.4, -0.2) is 64.9 Å². The highest BCUT2D eigenvalue weighted by Gasteiger charge is 2.24. The fourth-order valence-electron chi connectivity index (χ4n) is 3.65. The second kappa shape index (κ2) is 8.65. The normalized spacial score (nSPS) is 16.7. The van der Waals surface area contributed by atoms with Gasteiger partial charge in [0.05, 0.1) is 0 Å². The largest absolute Gasteiger partial charge is 0.486 e. The van der Waals surface area contributed by atoms with Gasteiger partial charge in [-0.1, -0.05) is 13.0 Å². The van der Waals surface area contributed by atoms with E-state index in [-0.39, 0.29) is 11.5 Å². The van der Waals surface area contributed by atoms with Crippen molar-refractivity contribution in [3.63, 3.8) is 0 Å². The number of carbonyl (C=O) groups is 1. The molecule has 4 rings (SSSR count). The zero-order valence-corrected chi connectivity index (χ0v) is 16.7. The standard InChI is InChI=1S/C21H26N4O4/c1-2-7-25-20(26)6-4-17(22-25)21(27)24-10-8-23(9-11-24)15-16-3-5-18-19(14-16)29-13-12-28-18/h3-6,14H,2,7-13,15H2,1H3. The van der Waals surface area contributed by atoms with Crippen LogP contribution in [0.4, 0.5) is 0 Å². The molecule has 1 fully saturated rings. The Balaban J connectivity index is 1.35. The highest BCUT2D eigenvalue weighted by Crippen LogP contribution is 2.31. The summed E-state index contributed by atoms with van der Waals surface area (Å²) in [5.41, 5.74) is 1.33. The highest BCUT2D eigenvalue weighted by atomic mass is 16.6. The fourth-order valence-corrected chi connectivity index (χ4v) is 3.65. The van der Waals surface area contributed by atoms with Crippen LogP contribution < -0.4 is 15.0 Å². The van der Waals surface area contributed by atoms with Gasteiger partial charge in [0.25, 0.3) is 11.5 Å². The molecule has 1 aromatic carbocycles. The van der Waals surface area contributed by atoms with Crippen LogP contribution in [-0.2, 0) is 13.1 Å². The van der Waals surface area contributed by atoms with E-state index < -0.39 is 0 Å². The second-order valence-electron chi connectivity index (χ2n) is 7.33. The van der Waals surface area contributed by atoms with Gasteiger partial charge in [-0.05, 0) is 30.2 Å². The lowest BCUT2D eigenvalue weighted by molar-refractivity contribution is 0.0619. The topological polar surface area (TPSA) is 76.9 Å². The Morgan fingerprint density at radius 1 is 1.03 bits per heavy atom. The van der Waals surface area contributed by atoms with Gasteiger partial charge in [-0.2, -0.15) is 5.10 Å². The van der Waals surface area contributed by atoms with E-state index in [2.05, 4.69) is 16.1 Å². The molecule has 29 heavy (non-hydrogen) atoms. The number of fused-ring (bicyclic) bond motifs is 1. The highest BCUT2D eigenvalue weighted by molar-refractivity contribution is 5.92. The molecule has 2 aliphatic rings. The maximum Gasteiger partial charge on any atom is 0.274 e. The minimum atomic E-state index is -0.173. The first-order valence-corrected chi connectivity index (χ1v) is 10.1. The SMILES string of the molecule is CCCn1nc(C(=O)N2CCN(Cc3ccc4c(c3)OCCO4)CC2)ccc1=O. The van der Waals surface area contributed by atoms with Gasteiger partial charge >= 0.3 is 0 Å². The summed E-state index contributed by atoms with van der Waals surface area (Å²) >= 11 is 0. The number of aromatic nitrogens is 2. The summed E-state index contributed by atoms with van der Waals surface area (Å²) in [7, 11) is 0. The number of amides is 1. The third kappa shape index (κ3) is 4.42. The van der Waals surface area contributed by atoms with Crippen LogP contribution >= 0.6 is 0 Å². The van der Waals surface area contributed by atoms with E-state index in [9.17, 15) is 9.59 Å². The summed E-state index contributed by atoms with van der Waals surface area (Å²) in [6, 6.07) is 9.01. The molecular weight excluding hydrogens is 372 g/mol. The van der Waals surface area contributed by atoms with Crippen LogP contribution in [0.5, 0.6) is 11.5 Å². The van der Waals surface area contributed by atoms with E-state index in [4.69, 9.17) is 9.47 Å². The van der Waals surface area contributed by atoms with Crippen molar-refractivity contribution >= 4 is 5.91 Å². The first-order chi connectivity index (χ1) is 14.1. The molecule has 0 unspecified atom stereocenters. The molecule has 0 atom stereocenters. The van der Waals surface area contributed by atoms with Crippen molar-refractivity contribution in [1.29, 1.82) is 0 Å². The van der Waals surface area contributed by atoms with Crippen molar-refractivity contribution in [2.75, 3.05) is 39.4 Å². The lowest BCUT2D eigenvalue weighted by Gasteiger charge is -2.34. The lowest BCUT2D eigenvalue weighted by Crippen LogP contribution is -2.48. The number of hydrogen-bond acceptors (Lipinski definition) is 6. The van der Waals surface area contributed by atoms with E-state index in [1.165, 1.54) is 22.4 Å². The number of benzene rings is 1. The van der Waals surface area contributed by atoms with E-state index in [0.29, 0.717) is 38.5 Å². The molecule has 0 bridgehead atoms. The molecule has 3 heterocycles. The maximum absolute atomic E-state index is 12.8. The van der Waals surface area contributed by atoms with Crippen LogP contribution in [0, 0.1) is 0 Å². The predicted octanol–water partition coefficient (Wildman–Crippen LogP) is 1.38. The number of rotatable bonds is 5. The Morgan fingerprint density at radius 2 is 1.79 bits per heavy atom. The van der Waals surface area contributed by atoms with Crippen molar-refractivity contribution < 1.29 is 14.3 Å². The van der Waals surface area contributed by atoms with Crippen molar-refractivity contribution in [2.45, 2.75) is 26.4 Å². The molecule has 0 aliphatic carbocycles. The van der Waals surface area contributed by atoms with Crippen molar-refractivity contribution in [1.82, 2.24) is 19.6 Å². The third-order valence-corrected chi connectivity index (χ3v) is 5.19. The smallest absolute Gasteiger partial charge is 0.274 e. The number of nitrogens with zero attached hydrogens (tertiary/aromatic N) is 4. The molecule has 2 aromatic rings. The van der Waals surface area contributed by atoms with Gasteiger partial charge < -0.3 is 14.4 Å². The molecule has 0 saturated carbocycles. The number of aryl methyl sites for hydroxylation is 1. The summed E-state index contributed by atoms with van der Waals surface area (Å²) in [4.78, 5) is 28.7. The summed E-state index contributed by atoms with van der Waals surface area (Å²) < 4.78 is 12.6. The van der Waals surface area contributed by atoms with Gasteiger partial charge in [-0.3, -0.25) is 14.5 Å². The number of hydrogen-bond donors (Lipinski definition) is 0. The van der Waals surface area contributed by atoms with Crippen molar-refractivity contribution in [3.8, 4) is 11.5 Å². The van der Waals surface area contributed by atoms with E-state index in [0.717, 1.165) is 37.6 Å². The molecule has 8 heteroatoms. The van der Waals surface area contributed by atoms with Gasteiger partial charge in [-0.25, -0.2) is 4.68 Å². The van der Waals surface area contributed by atoms with Gasteiger partial charge in [0, 0.05) is 45.3 Å². The molecule has 2 aliphatic heterocycles. The predicted molar refractivity (Wildman–Crippen MR) is 107 cm³/mol. The molecule has 1 amide bonds.